The standard InChI is InChI=1S/C17H21N5O/c1-23-11-16-20-17-6-5-13(10-22(17)21-16)19-9-12-3-2-4-15-14(12)7-8-18-15/h2-4,7-8,13,18-19H,5-6,9-11H2,1H3. The summed E-state index contributed by atoms with van der Waals surface area (Å²) in [4.78, 5) is 7.79. The molecule has 1 aliphatic rings. The second-order valence-electron chi connectivity index (χ2n) is 6.03. The highest BCUT2D eigenvalue weighted by Crippen LogP contribution is 2.18. The summed E-state index contributed by atoms with van der Waals surface area (Å²) < 4.78 is 7.13. The Kier molecular flexibility index (Phi) is 3.85. The van der Waals surface area contributed by atoms with Crippen LogP contribution in [0, 0.1) is 0 Å². The fourth-order valence-corrected chi connectivity index (χ4v) is 3.28. The van der Waals surface area contributed by atoms with Gasteiger partial charge in [-0.15, -0.1) is 0 Å². The number of ether oxygens (including phenoxy) is 1. The predicted octanol–water partition coefficient (Wildman–Crippen LogP) is 2.01. The number of rotatable bonds is 5. The van der Waals surface area contributed by atoms with Crippen LogP contribution in [-0.4, -0.2) is 32.9 Å². The largest absolute Gasteiger partial charge is 0.377 e. The molecular weight excluding hydrogens is 290 g/mol. The van der Waals surface area contributed by atoms with Crippen molar-refractivity contribution in [2.45, 2.75) is 38.6 Å². The molecule has 0 spiro atoms. The maximum Gasteiger partial charge on any atom is 0.176 e. The van der Waals surface area contributed by atoms with Crippen LogP contribution in [0.4, 0.5) is 0 Å². The van der Waals surface area contributed by atoms with Crippen molar-refractivity contribution in [3.8, 4) is 0 Å². The molecule has 0 radical (unpaired) electrons. The van der Waals surface area contributed by atoms with Gasteiger partial charge >= 0.3 is 0 Å². The maximum atomic E-state index is 5.11. The molecule has 6 heteroatoms. The SMILES string of the molecule is COCc1nc2n(n1)CC(NCc1cccc3[nH]ccc13)CC2. The highest BCUT2D eigenvalue weighted by molar-refractivity contribution is 5.82. The topological polar surface area (TPSA) is 67.8 Å². The van der Waals surface area contributed by atoms with Gasteiger partial charge in [0.2, 0.25) is 0 Å². The van der Waals surface area contributed by atoms with Crippen molar-refractivity contribution < 1.29 is 4.74 Å². The first kappa shape index (κ1) is 14.4. The highest BCUT2D eigenvalue weighted by atomic mass is 16.5. The van der Waals surface area contributed by atoms with E-state index in [0.29, 0.717) is 12.6 Å². The van der Waals surface area contributed by atoms with E-state index in [4.69, 9.17) is 4.74 Å². The van der Waals surface area contributed by atoms with Crippen molar-refractivity contribution in [2.24, 2.45) is 0 Å². The molecule has 0 bridgehead atoms. The number of aromatic nitrogens is 4. The van der Waals surface area contributed by atoms with Gasteiger partial charge in [0.1, 0.15) is 12.4 Å². The number of fused-ring (bicyclic) bond motifs is 2. The molecule has 0 saturated heterocycles. The summed E-state index contributed by atoms with van der Waals surface area (Å²) in [5, 5.41) is 9.48. The molecule has 0 aliphatic carbocycles. The molecule has 1 unspecified atom stereocenters. The van der Waals surface area contributed by atoms with Crippen LogP contribution in [0.1, 0.15) is 23.6 Å². The Bertz CT molecular complexity index is 806. The van der Waals surface area contributed by atoms with E-state index in [1.165, 1.54) is 16.5 Å². The fraction of sp³-hybridized carbons (Fsp3) is 0.412. The number of methoxy groups -OCH3 is 1. The summed E-state index contributed by atoms with van der Waals surface area (Å²) in [7, 11) is 1.67. The van der Waals surface area contributed by atoms with Gasteiger partial charge in [0.15, 0.2) is 5.82 Å². The van der Waals surface area contributed by atoms with Crippen LogP contribution in [0.2, 0.25) is 0 Å². The molecule has 4 rings (SSSR count). The van der Waals surface area contributed by atoms with Gasteiger partial charge in [-0.3, -0.25) is 0 Å². The Balaban J connectivity index is 1.43. The number of H-pyrrole nitrogens is 1. The average Bonchev–Trinajstić information content (AvgIpc) is 3.18. The maximum absolute atomic E-state index is 5.11. The zero-order chi connectivity index (χ0) is 15.6. The van der Waals surface area contributed by atoms with Crippen molar-refractivity contribution in [3.63, 3.8) is 0 Å². The molecule has 1 aliphatic heterocycles. The molecule has 2 N–H and O–H groups in total. The Labute approximate surface area is 134 Å². The van der Waals surface area contributed by atoms with Crippen LogP contribution in [-0.2, 0) is 30.9 Å². The molecule has 3 heterocycles. The average molecular weight is 311 g/mol. The molecule has 2 aromatic heterocycles. The Morgan fingerprint density at radius 2 is 2.35 bits per heavy atom. The zero-order valence-corrected chi connectivity index (χ0v) is 13.2. The van der Waals surface area contributed by atoms with Gasteiger partial charge in [-0.1, -0.05) is 12.1 Å². The highest BCUT2D eigenvalue weighted by Gasteiger charge is 2.21. The van der Waals surface area contributed by atoms with Crippen molar-refractivity contribution in [2.75, 3.05) is 7.11 Å². The fourth-order valence-electron chi connectivity index (χ4n) is 3.28. The lowest BCUT2D eigenvalue weighted by Gasteiger charge is -2.23. The van der Waals surface area contributed by atoms with E-state index in [1.807, 2.05) is 10.9 Å². The van der Waals surface area contributed by atoms with Crippen molar-refractivity contribution >= 4 is 10.9 Å². The first-order valence-electron chi connectivity index (χ1n) is 8.03. The van der Waals surface area contributed by atoms with E-state index in [2.05, 4.69) is 44.6 Å². The summed E-state index contributed by atoms with van der Waals surface area (Å²) in [5.41, 5.74) is 2.52. The number of hydrogen-bond donors (Lipinski definition) is 2. The number of nitrogens with one attached hydrogen (secondary N) is 2. The van der Waals surface area contributed by atoms with E-state index in [-0.39, 0.29) is 0 Å². The Morgan fingerprint density at radius 3 is 3.26 bits per heavy atom. The first-order valence-corrected chi connectivity index (χ1v) is 8.03. The molecular formula is C17H21N5O. The van der Waals surface area contributed by atoms with Gasteiger partial charge < -0.3 is 15.0 Å². The quantitative estimate of drug-likeness (QED) is 0.756. The van der Waals surface area contributed by atoms with E-state index in [9.17, 15) is 0 Å². The van der Waals surface area contributed by atoms with Gasteiger partial charge in [0.05, 0.1) is 6.54 Å². The van der Waals surface area contributed by atoms with E-state index >= 15 is 0 Å². The van der Waals surface area contributed by atoms with Crippen molar-refractivity contribution in [1.82, 2.24) is 25.1 Å². The Hall–Kier alpha value is -2.18. The van der Waals surface area contributed by atoms with Crippen molar-refractivity contribution in [1.29, 1.82) is 0 Å². The molecule has 1 atom stereocenters. The first-order chi connectivity index (χ1) is 11.3. The number of hydrogen-bond acceptors (Lipinski definition) is 4. The number of aryl methyl sites for hydroxylation is 1. The van der Waals surface area contributed by atoms with Gasteiger partial charge in [-0.05, 0) is 24.1 Å². The summed E-state index contributed by atoms with van der Waals surface area (Å²) in [6.45, 7) is 2.22. The third-order valence-corrected chi connectivity index (χ3v) is 4.44. The van der Waals surface area contributed by atoms with Crippen LogP contribution in [0.25, 0.3) is 10.9 Å². The number of benzene rings is 1. The monoisotopic (exact) mass is 311 g/mol. The molecule has 0 saturated carbocycles. The lowest BCUT2D eigenvalue weighted by Crippen LogP contribution is -2.37. The molecule has 0 fully saturated rings. The predicted molar refractivity (Wildman–Crippen MR) is 88.0 cm³/mol. The van der Waals surface area contributed by atoms with Gasteiger partial charge in [0.25, 0.3) is 0 Å². The lowest BCUT2D eigenvalue weighted by molar-refractivity contribution is 0.177. The molecule has 0 amide bonds. The van der Waals surface area contributed by atoms with Crippen molar-refractivity contribution in [3.05, 3.63) is 47.7 Å². The van der Waals surface area contributed by atoms with Crippen LogP contribution in [0.3, 0.4) is 0 Å². The molecule has 23 heavy (non-hydrogen) atoms. The number of nitrogens with zero attached hydrogens (tertiary/aromatic N) is 3. The number of aromatic amines is 1. The van der Waals surface area contributed by atoms with Crippen LogP contribution < -0.4 is 5.32 Å². The minimum absolute atomic E-state index is 0.425. The summed E-state index contributed by atoms with van der Waals surface area (Å²) in [6, 6.07) is 8.96. The van der Waals surface area contributed by atoms with E-state index in [1.54, 1.807) is 7.11 Å². The van der Waals surface area contributed by atoms with Crippen LogP contribution in [0.5, 0.6) is 0 Å². The summed E-state index contributed by atoms with van der Waals surface area (Å²) in [6.07, 6.45) is 4.05. The van der Waals surface area contributed by atoms with E-state index in [0.717, 1.165) is 37.6 Å². The molecule has 1 aromatic carbocycles. The van der Waals surface area contributed by atoms with E-state index < -0.39 is 0 Å². The minimum atomic E-state index is 0.425. The normalized spacial score (nSPS) is 17.5. The Morgan fingerprint density at radius 1 is 1.39 bits per heavy atom. The third-order valence-electron chi connectivity index (χ3n) is 4.44. The van der Waals surface area contributed by atoms with Gasteiger partial charge in [-0.2, -0.15) is 5.10 Å². The smallest absolute Gasteiger partial charge is 0.176 e. The molecule has 120 valence electrons. The summed E-state index contributed by atoms with van der Waals surface area (Å²) >= 11 is 0. The lowest BCUT2D eigenvalue weighted by atomic mass is 10.1. The third kappa shape index (κ3) is 2.87. The summed E-state index contributed by atoms with van der Waals surface area (Å²) in [5.74, 6) is 1.85. The zero-order valence-electron chi connectivity index (χ0n) is 13.2. The molecule has 6 nitrogen and oxygen atoms in total. The second-order valence-corrected chi connectivity index (χ2v) is 6.03. The van der Waals surface area contributed by atoms with Gasteiger partial charge in [0, 0.05) is 43.2 Å². The van der Waals surface area contributed by atoms with Crippen LogP contribution >= 0.6 is 0 Å². The van der Waals surface area contributed by atoms with Crippen LogP contribution in [0.15, 0.2) is 30.5 Å². The van der Waals surface area contributed by atoms with Gasteiger partial charge in [-0.25, -0.2) is 9.67 Å². The second kappa shape index (κ2) is 6.14. The molecule has 3 aromatic rings. The minimum Gasteiger partial charge on any atom is -0.377 e.